The van der Waals surface area contributed by atoms with Crippen LogP contribution in [0.25, 0.3) is 0 Å². The Morgan fingerprint density at radius 1 is 1.00 bits per heavy atom. The number of rotatable bonds is 3. The second-order valence-corrected chi connectivity index (χ2v) is 4.88. The van der Waals surface area contributed by atoms with E-state index in [4.69, 9.17) is 27.8 Å². The molecule has 0 aliphatic carbocycles. The highest BCUT2D eigenvalue weighted by Gasteiger charge is 2.16. The predicted octanol–water partition coefficient (Wildman–Crippen LogP) is 2.11. The van der Waals surface area contributed by atoms with Gasteiger partial charge >= 0.3 is 0 Å². The van der Waals surface area contributed by atoms with E-state index in [1.807, 2.05) is 0 Å². The molecule has 1 aromatic carbocycles. The van der Waals surface area contributed by atoms with Gasteiger partial charge in [0, 0.05) is 11.1 Å². The van der Waals surface area contributed by atoms with Crippen LogP contribution in [0.2, 0.25) is 0 Å². The topological polar surface area (TPSA) is 88.5 Å². The van der Waals surface area contributed by atoms with E-state index >= 15 is 0 Å². The van der Waals surface area contributed by atoms with E-state index in [0.29, 0.717) is 0 Å². The van der Waals surface area contributed by atoms with Gasteiger partial charge in [-0.3, -0.25) is 14.1 Å². The number of carbonyl (C=O) groups excluding carboxylic acids is 2. The quantitative estimate of drug-likeness (QED) is 0.681. The first-order valence-corrected chi connectivity index (χ1v) is 5.93. The summed E-state index contributed by atoms with van der Waals surface area (Å²) in [5.74, 6) is 0. The highest BCUT2D eigenvalue weighted by atomic mass is 35.5. The van der Waals surface area contributed by atoms with Crippen molar-refractivity contribution in [2.24, 2.45) is 0 Å². The van der Waals surface area contributed by atoms with Gasteiger partial charge in [0.15, 0.2) is 0 Å². The Hall–Kier alpha value is -0.660. The molecule has 0 heterocycles. The summed E-state index contributed by atoms with van der Waals surface area (Å²) >= 11 is 10.3. The molecule has 5 nitrogen and oxygen atoms in total. The fourth-order valence-electron chi connectivity index (χ4n) is 0.975. The fourth-order valence-corrected chi connectivity index (χ4v) is 1.74. The molecule has 9 heteroatoms. The van der Waals surface area contributed by atoms with Crippen LogP contribution in [0.5, 0.6) is 0 Å². The molecule has 0 saturated heterocycles. The van der Waals surface area contributed by atoms with Crippen molar-refractivity contribution in [1.82, 2.24) is 0 Å². The summed E-state index contributed by atoms with van der Waals surface area (Å²) in [4.78, 5) is 21.0. The van der Waals surface area contributed by atoms with Crippen LogP contribution in [0.4, 0.5) is 0 Å². The number of carbonyl (C=O) groups is 2. The highest BCUT2D eigenvalue weighted by molar-refractivity contribution is 7.85. The van der Waals surface area contributed by atoms with Gasteiger partial charge in [-0.25, -0.2) is 0 Å². The monoisotopic (exact) mass is 318 g/mol. The van der Waals surface area contributed by atoms with Gasteiger partial charge in [-0.1, -0.05) is 0 Å². The van der Waals surface area contributed by atoms with Gasteiger partial charge in [0.25, 0.3) is 20.6 Å². The summed E-state index contributed by atoms with van der Waals surface area (Å²) in [6.07, 6.45) is 0. The first kappa shape index (κ1) is 16.3. The van der Waals surface area contributed by atoms with Crippen LogP contribution in [0.3, 0.4) is 0 Å². The third-order valence-corrected chi connectivity index (χ3v) is 2.93. The number of benzene rings is 1. The van der Waals surface area contributed by atoms with Crippen LogP contribution in [0.15, 0.2) is 23.1 Å². The Bertz CT molecular complexity index is 534. The standard InChI is InChI=1S/C8H4Cl2O5S.ClH/c9-7(11)4-1-5(8(10)12)3-6(2-4)16(13,14)15;/h1-3H,(H,13,14,15);1H. The van der Waals surface area contributed by atoms with E-state index in [0.717, 1.165) is 18.2 Å². The smallest absolute Gasteiger partial charge is 0.282 e. The van der Waals surface area contributed by atoms with Crippen molar-refractivity contribution in [2.45, 2.75) is 4.90 Å². The van der Waals surface area contributed by atoms with E-state index < -0.39 is 25.5 Å². The van der Waals surface area contributed by atoms with Crippen molar-refractivity contribution >= 4 is 56.2 Å². The third kappa shape index (κ3) is 4.25. The van der Waals surface area contributed by atoms with Gasteiger partial charge in [-0.2, -0.15) is 8.42 Å². The van der Waals surface area contributed by atoms with E-state index in [9.17, 15) is 18.0 Å². The van der Waals surface area contributed by atoms with Crippen LogP contribution < -0.4 is 0 Å². The highest BCUT2D eigenvalue weighted by Crippen LogP contribution is 2.18. The summed E-state index contributed by atoms with van der Waals surface area (Å²) in [6.45, 7) is 0. The number of hydrogen-bond acceptors (Lipinski definition) is 4. The summed E-state index contributed by atoms with van der Waals surface area (Å²) in [7, 11) is -4.54. The molecule has 0 aliphatic heterocycles. The Morgan fingerprint density at radius 3 is 1.59 bits per heavy atom. The molecule has 1 N–H and O–H groups in total. The van der Waals surface area contributed by atoms with Crippen LogP contribution in [0.1, 0.15) is 20.7 Å². The minimum Gasteiger partial charge on any atom is -0.282 e. The molecule has 0 atom stereocenters. The summed E-state index contributed by atoms with van der Waals surface area (Å²) in [6, 6.07) is 2.71. The summed E-state index contributed by atoms with van der Waals surface area (Å²) in [5, 5.41) is -1.94. The van der Waals surface area contributed by atoms with Crippen molar-refractivity contribution in [3.05, 3.63) is 29.3 Å². The normalized spacial score (nSPS) is 10.5. The van der Waals surface area contributed by atoms with Crippen molar-refractivity contribution in [3.8, 4) is 0 Å². The van der Waals surface area contributed by atoms with E-state index in [1.54, 1.807) is 0 Å². The minimum atomic E-state index is -4.54. The zero-order valence-corrected chi connectivity index (χ0v) is 11.0. The van der Waals surface area contributed by atoms with Gasteiger partial charge in [-0.15, -0.1) is 12.4 Å². The zero-order valence-electron chi connectivity index (χ0n) is 7.88. The van der Waals surface area contributed by atoms with Crippen LogP contribution >= 0.6 is 35.6 Å². The van der Waals surface area contributed by atoms with Gasteiger partial charge < -0.3 is 0 Å². The third-order valence-electron chi connectivity index (χ3n) is 1.66. The number of halogens is 3. The maximum Gasteiger partial charge on any atom is 0.294 e. The molecule has 0 spiro atoms. The molecule has 1 rings (SSSR count). The van der Waals surface area contributed by atoms with Gasteiger partial charge in [0.2, 0.25) is 0 Å². The lowest BCUT2D eigenvalue weighted by atomic mass is 10.1. The molecule has 0 unspecified atom stereocenters. The molecule has 0 amide bonds. The lowest BCUT2D eigenvalue weighted by Gasteiger charge is -2.02. The van der Waals surface area contributed by atoms with E-state index in [2.05, 4.69) is 0 Å². The maximum absolute atomic E-state index is 10.8. The van der Waals surface area contributed by atoms with E-state index in [1.165, 1.54) is 0 Å². The second kappa shape index (κ2) is 5.79. The molecule has 0 aliphatic rings. The lowest BCUT2D eigenvalue weighted by Crippen LogP contribution is -2.03. The van der Waals surface area contributed by atoms with Gasteiger partial charge in [0.1, 0.15) is 0 Å². The number of hydrogen-bond donors (Lipinski definition) is 1. The van der Waals surface area contributed by atoms with Crippen LogP contribution in [-0.2, 0) is 10.1 Å². The Balaban J connectivity index is 0.00000256. The fraction of sp³-hybridized carbons (Fsp3) is 0. The van der Waals surface area contributed by atoms with Crippen molar-refractivity contribution < 1.29 is 22.6 Å². The molecule has 94 valence electrons. The summed E-state index contributed by atoms with van der Waals surface area (Å²) in [5.41, 5.74) is -0.499. The van der Waals surface area contributed by atoms with Crippen molar-refractivity contribution in [1.29, 1.82) is 0 Å². The maximum atomic E-state index is 10.8. The predicted molar refractivity (Wildman–Crippen MR) is 63.9 cm³/mol. The SMILES string of the molecule is Cl.O=C(Cl)c1cc(C(=O)Cl)cc(S(=O)(=O)O)c1. The first-order valence-electron chi connectivity index (χ1n) is 3.74. The molecule has 0 saturated carbocycles. The Labute approximate surface area is 113 Å². The Morgan fingerprint density at radius 2 is 1.35 bits per heavy atom. The Kier molecular flexibility index (Phi) is 5.57. The molecule has 0 bridgehead atoms. The van der Waals surface area contributed by atoms with Crippen molar-refractivity contribution in [2.75, 3.05) is 0 Å². The van der Waals surface area contributed by atoms with Crippen LogP contribution in [-0.4, -0.2) is 23.5 Å². The van der Waals surface area contributed by atoms with Gasteiger partial charge in [-0.05, 0) is 41.4 Å². The molecular formula is C8H5Cl3O5S. The molecule has 1 aromatic rings. The average molecular weight is 320 g/mol. The molecule has 17 heavy (non-hydrogen) atoms. The lowest BCUT2D eigenvalue weighted by molar-refractivity contribution is 0.108. The summed E-state index contributed by atoms with van der Waals surface area (Å²) < 4.78 is 30.4. The largest absolute Gasteiger partial charge is 0.294 e. The van der Waals surface area contributed by atoms with Crippen LogP contribution in [0, 0.1) is 0 Å². The molecular weight excluding hydrogens is 315 g/mol. The molecule has 0 aromatic heterocycles. The van der Waals surface area contributed by atoms with Gasteiger partial charge in [0.05, 0.1) is 4.90 Å². The van der Waals surface area contributed by atoms with Crippen molar-refractivity contribution in [3.63, 3.8) is 0 Å². The average Bonchev–Trinajstić information content (AvgIpc) is 2.15. The zero-order chi connectivity index (χ0) is 12.5. The molecule has 0 radical (unpaired) electrons. The van der Waals surface area contributed by atoms with E-state index in [-0.39, 0.29) is 23.5 Å². The molecule has 0 fully saturated rings. The second-order valence-electron chi connectivity index (χ2n) is 2.77. The minimum absolute atomic E-state index is 0. The first-order chi connectivity index (χ1) is 7.21.